The van der Waals surface area contributed by atoms with Crippen molar-refractivity contribution in [2.24, 2.45) is 0 Å². The van der Waals surface area contributed by atoms with Gasteiger partial charge in [0.2, 0.25) is 5.91 Å². The van der Waals surface area contributed by atoms with E-state index in [1.54, 1.807) is 4.90 Å². The molecule has 2 aliphatic rings. The highest BCUT2D eigenvalue weighted by molar-refractivity contribution is 5.87. The molecule has 0 aliphatic carbocycles. The second kappa shape index (κ2) is 8.15. The molecule has 0 saturated carbocycles. The predicted octanol–water partition coefficient (Wildman–Crippen LogP) is 1.31. The van der Waals surface area contributed by atoms with E-state index in [1.165, 1.54) is 5.56 Å². The normalized spacial score (nSPS) is 24.8. The number of carbonyl (C=O) groups is 2. The van der Waals surface area contributed by atoms with Crippen molar-refractivity contribution in [1.82, 2.24) is 15.5 Å². The van der Waals surface area contributed by atoms with Crippen molar-refractivity contribution in [3.05, 3.63) is 35.9 Å². The fraction of sp³-hybridized carbons (Fsp3) is 0.556. The molecule has 2 saturated heterocycles. The minimum absolute atomic E-state index is 0.00476. The highest BCUT2D eigenvalue weighted by atomic mass is 16.5. The highest BCUT2D eigenvalue weighted by Gasteiger charge is 2.28. The molecule has 24 heavy (non-hydrogen) atoms. The van der Waals surface area contributed by atoms with Crippen LogP contribution in [0.2, 0.25) is 0 Å². The Labute approximate surface area is 142 Å². The molecule has 3 amide bonds. The third-order valence-electron chi connectivity index (χ3n) is 4.57. The van der Waals surface area contributed by atoms with Crippen LogP contribution in [0, 0.1) is 0 Å². The van der Waals surface area contributed by atoms with Crippen molar-refractivity contribution in [3.8, 4) is 0 Å². The number of ether oxygens (including phenoxy) is 1. The molecule has 0 bridgehead atoms. The SMILES string of the molecule is O=C1NCCCC[C@H]1NC(=O)N1CCO[C@H](Cc2ccccc2)C1. The summed E-state index contributed by atoms with van der Waals surface area (Å²) in [6.45, 7) is 2.34. The zero-order valence-corrected chi connectivity index (χ0v) is 13.9. The Morgan fingerprint density at radius 2 is 2.12 bits per heavy atom. The molecule has 0 spiro atoms. The summed E-state index contributed by atoms with van der Waals surface area (Å²) < 4.78 is 5.79. The summed E-state index contributed by atoms with van der Waals surface area (Å²) >= 11 is 0. The van der Waals surface area contributed by atoms with Gasteiger partial charge in [0.05, 0.1) is 12.7 Å². The number of rotatable bonds is 3. The number of amides is 3. The summed E-state index contributed by atoms with van der Waals surface area (Å²) in [5.74, 6) is -0.0741. The van der Waals surface area contributed by atoms with Crippen molar-refractivity contribution in [2.45, 2.75) is 37.8 Å². The predicted molar refractivity (Wildman–Crippen MR) is 90.6 cm³/mol. The number of urea groups is 1. The average Bonchev–Trinajstić information content (AvgIpc) is 2.81. The molecule has 0 aromatic heterocycles. The number of nitrogens with zero attached hydrogens (tertiary/aromatic N) is 1. The monoisotopic (exact) mass is 331 g/mol. The molecule has 1 aromatic carbocycles. The molecule has 2 N–H and O–H groups in total. The van der Waals surface area contributed by atoms with E-state index < -0.39 is 6.04 Å². The van der Waals surface area contributed by atoms with Crippen LogP contribution in [0.1, 0.15) is 24.8 Å². The Balaban J connectivity index is 1.53. The lowest BCUT2D eigenvalue weighted by Crippen LogP contribution is -2.54. The first-order valence-electron chi connectivity index (χ1n) is 8.71. The summed E-state index contributed by atoms with van der Waals surface area (Å²) in [7, 11) is 0. The fourth-order valence-electron chi connectivity index (χ4n) is 3.22. The maximum atomic E-state index is 12.5. The third-order valence-corrected chi connectivity index (χ3v) is 4.57. The van der Waals surface area contributed by atoms with Crippen molar-refractivity contribution in [3.63, 3.8) is 0 Å². The van der Waals surface area contributed by atoms with Crippen LogP contribution in [0.25, 0.3) is 0 Å². The number of benzene rings is 1. The van der Waals surface area contributed by atoms with E-state index in [4.69, 9.17) is 4.74 Å². The van der Waals surface area contributed by atoms with E-state index in [-0.39, 0.29) is 18.0 Å². The van der Waals surface area contributed by atoms with Gasteiger partial charge in [-0.05, 0) is 24.8 Å². The van der Waals surface area contributed by atoms with E-state index in [9.17, 15) is 9.59 Å². The maximum absolute atomic E-state index is 12.5. The standard InChI is InChI=1S/C18H25N3O3/c22-17-16(8-4-5-9-19-17)20-18(23)21-10-11-24-15(13-21)12-14-6-2-1-3-7-14/h1-3,6-7,15-16H,4-5,8-13H2,(H,19,22)(H,20,23)/t15-,16-/m1/s1. The van der Waals surface area contributed by atoms with Gasteiger partial charge in [0.15, 0.2) is 0 Å². The van der Waals surface area contributed by atoms with Gasteiger partial charge in [-0.2, -0.15) is 0 Å². The Kier molecular flexibility index (Phi) is 5.69. The Morgan fingerprint density at radius 3 is 2.96 bits per heavy atom. The molecule has 6 heteroatoms. The largest absolute Gasteiger partial charge is 0.374 e. The van der Waals surface area contributed by atoms with Crippen LogP contribution in [-0.4, -0.2) is 55.2 Å². The van der Waals surface area contributed by atoms with Crippen molar-refractivity contribution in [1.29, 1.82) is 0 Å². The lowest BCUT2D eigenvalue weighted by molar-refractivity contribution is -0.122. The molecule has 6 nitrogen and oxygen atoms in total. The molecule has 1 aromatic rings. The zero-order chi connectivity index (χ0) is 16.8. The van der Waals surface area contributed by atoms with Crippen molar-refractivity contribution in [2.75, 3.05) is 26.2 Å². The minimum atomic E-state index is -0.421. The van der Waals surface area contributed by atoms with E-state index in [0.717, 1.165) is 19.3 Å². The number of nitrogens with one attached hydrogen (secondary N) is 2. The molecule has 2 heterocycles. The van der Waals surface area contributed by atoms with Gasteiger partial charge < -0.3 is 20.3 Å². The molecule has 3 rings (SSSR count). The smallest absolute Gasteiger partial charge is 0.318 e. The fourth-order valence-corrected chi connectivity index (χ4v) is 3.22. The first kappa shape index (κ1) is 16.8. The molecule has 0 unspecified atom stereocenters. The summed E-state index contributed by atoms with van der Waals surface area (Å²) in [5, 5.41) is 5.73. The lowest BCUT2D eigenvalue weighted by Gasteiger charge is -2.34. The zero-order valence-electron chi connectivity index (χ0n) is 13.9. The van der Waals surface area contributed by atoms with Gasteiger partial charge in [0, 0.05) is 26.1 Å². The Hall–Kier alpha value is -2.08. The quantitative estimate of drug-likeness (QED) is 0.877. The Bertz CT molecular complexity index is 564. The van der Waals surface area contributed by atoms with Crippen LogP contribution in [0.15, 0.2) is 30.3 Å². The molecule has 2 aliphatic heterocycles. The maximum Gasteiger partial charge on any atom is 0.318 e. The third kappa shape index (κ3) is 4.47. The van der Waals surface area contributed by atoms with Gasteiger partial charge >= 0.3 is 6.03 Å². The van der Waals surface area contributed by atoms with Crippen LogP contribution in [0.4, 0.5) is 4.79 Å². The van der Waals surface area contributed by atoms with Gasteiger partial charge in [0.25, 0.3) is 0 Å². The topological polar surface area (TPSA) is 70.7 Å². The van der Waals surface area contributed by atoms with Crippen LogP contribution < -0.4 is 10.6 Å². The van der Waals surface area contributed by atoms with Crippen molar-refractivity contribution < 1.29 is 14.3 Å². The summed E-state index contributed by atoms with van der Waals surface area (Å²) in [6, 6.07) is 9.55. The van der Waals surface area contributed by atoms with Gasteiger partial charge in [0.1, 0.15) is 6.04 Å². The van der Waals surface area contributed by atoms with E-state index in [1.807, 2.05) is 18.2 Å². The first-order chi connectivity index (χ1) is 11.7. The number of carbonyl (C=O) groups excluding carboxylic acids is 2. The van der Waals surface area contributed by atoms with Gasteiger partial charge in [-0.15, -0.1) is 0 Å². The Morgan fingerprint density at radius 1 is 1.29 bits per heavy atom. The lowest BCUT2D eigenvalue weighted by atomic mass is 10.1. The van der Waals surface area contributed by atoms with Crippen LogP contribution >= 0.6 is 0 Å². The van der Waals surface area contributed by atoms with E-state index in [0.29, 0.717) is 32.7 Å². The van der Waals surface area contributed by atoms with E-state index in [2.05, 4.69) is 22.8 Å². The number of hydrogen-bond donors (Lipinski definition) is 2. The molecule has 130 valence electrons. The highest BCUT2D eigenvalue weighted by Crippen LogP contribution is 2.13. The number of hydrogen-bond acceptors (Lipinski definition) is 3. The molecule has 2 atom stereocenters. The average molecular weight is 331 g/mol. The molecule has 0 radical (unpaired) electrons. The van der Waals surface area contributed by atoms with Gasteiger partial charge in [-0.3, -0.25) is 4.79 Å². The molecular formula is C18H25N3O3. The van der Waals surface area contributed by atoms with Crippen LogP contribution in [0.3, 0.4) is 0 Å². The molecule has 2 fully saturated rings. The van der Waals surface area contributed by atoms with Crippen LogP contribution in [-0.2, 0) is 16.0 Å². The van der Waals surface area contributed by atoms with Gasteiger partial charge in [-0.25, -0.2) is 4.79 Å². The minimum Gasteiger partial charge on any atom is -0.374 e. The molecular weight excluding hydrogens is 306 g/mol. The van der Waals surface area contributed by atoms with E-state index >= 15 is 0 Å². The van der Waals surface area contributed by atoms with Crippen LogP contribution in [0.5, 0.6) is 0 Å². The van der Waals surface area contributed by atoms with Crippen molar-refractivity contribution >= 4 is 11.9 Å². The second-order valence-corrected chi connectivity index (χ2v) is 6.42. The second-order valence-electron chi connectivity index (χ2n) is 6.42. The summed E-state index contributed by atoms with van der Waals surface area (Å²) in [6.07, 6.45) is 3.40. The summed E-state index contributed by atoms with van der Waals surface area (Å²) in [5.41, 5.74) is 1.20. The van der Waals surface area contributed by atoms with Gasteiger partial charge in [-0.1, -0.05) is 30.3 Å². The first-order valence-corrected chi connectivity index (χ1v) is 8.71. The number of morpholine rings is 1. The summed E-state index contributed by atoms with van der Waals surface area (Å²) in [4.78, 5) is 26.2.